The zero-order chi connectivity index (χ0) is 15.0. The van der Waals surface area contributed by atoms with Gasteiger partial charge in [-0.05, 0) is 25.5 Å². The van der Waals surface area contributed by atoms with Gasteiger partial charge in [-0.1, -0.05) is 26.5 Å². The number of nitrogens with zero attached hydrogens (tertiary/aromatic N) is 2. The SMILES string of the molecule is C=C(NC)c1c(C)c(C(/C=C\C)=N/N)cn1C.CC. The lowest BCUT2D eigenvalue weighted by atomic mass is 10.1. The van der Waals surface area contributed by atoms with E-state index in [-0.39, 0.29) is 0 Å². The molecular weight excluding hydrogens is 236 g/mol. The van der Waals surface area contributed by atoms with Gasteiger partial charge in [-0.2, -0.15) is 5.10 Å². The van der Waals surface area contributed by atoms with Gasteiger partial charge >= 0.3 is 0 Å². The first-order valence-electron chi connectivity index (χ1n) is 6.50. The number of rotatable bonds is 4. The van der Waals surface area contributed by atoms with Crippen LogP contribution in [-0.4, -0.2) is 17.3 Å². The van der Waals surface area contributed by atoms with Crippen LogP contribution in [0.3, 0.4) is 0 Å². The minimum Gasteiger partial charge on any atom is -0.387 e. The standard InChI is InChI=1S/C13H20N4.C2H6/c1-6-7-12(16-14)11-8-17(5)13(9(11)2)10(3)15-4;1-2/h6-8,15H,3,14H2,1-2,4-5H3;1-2H3/b7-6-,16-12+;. The van der Waals surface area contributed by atoms with E-state index in [2.05, 4.69) is 17.0 Å². The molecule has 3 N–H and O–H groups in total. The molecule has 0 amide bonds. The molecule has 0 saturated carbocycles. The fourth-order valence-electron chi connectivity index (χ4n) is 1.92. The van der Waals surface area contributed by atoms with Crippen molar-refractivity contribution in [1.82, 2.24) is 9.88 Å². The molecule has 0 aromatic carbocycles. The Labute approximate surface area is 116 Å². The molecule has 4 heteroatoms. The van der Waals surface area contributed by atoms with E-state index in [0.717, 1.165) is 28.2 Å². The average Bonchev–Trinajstić information content (AvgIpc) is 2.73. The van der Waals surface area contributed by atoms with Crippen LogP contribution in [0.5, 0.6) is 0 Å². The summed E-state index contributed by atoms with van der Waals surface area (Å²) in [6.45, 7) is 12.0. The highest BCUT2D eigenvalue weighted by molar-refractivity contribution is 6.10. The zero-order valence-corrected chi connectivity index (χ0v) is 12.9. The Morgan fingerprint density at radius 2 is 2.05 bits per heavy atom. The topological polar surface area (TPSA) is 55.3 Å². The smallest absolute Gasteiger partial charge is 0.0913 e. The van der Waals surface area contributed by atoms with Gasteiger partial charge in [0.15, 0.2) is 0 Å². The first-order chi connectivity index (χ1) is 9.06. The maximum Gasteiger partial charge on any atom is 0.0913 e. The molecule has 0 atom stereocenters. The number of nitrogens with one attached hydrogen (secondary N) is 1. The number of hydrogen-bond donors (Lipinski definition) is 2. The van der Waals surface area contributed by atoms with E-state index in [9.17, 15) is 0 Å². The van der Waals surface area contributed by atoms with Crippen LogP contribution in [0, 0.1) is 6.92 Å². The van der Waals surface area contributed by atoms with Gasteiger partial charge in [0.25, 0.3) is 0 Å². The Morgan fingerprint density at radius 1 is 1.47 bits per heavy atom. The van der Waals surface area contributed by atoms with Crippen LogP contribution in [-0.2, 0) is 7.05 Å². The second-order valence-corrected chi connectivity index (χ2v) is 3.87. The third-order valence-corrected chi connectivity index (χ3v) is 2.76. The fraction of sp³-hybridized carbons (Fsp3) is 0.400. The van der Waals surface area contributed by atoms with Crippen molar-refractivity contribution in [3.05, 3.63) is 41.7 Å². The molecule has 106 valence electrons. The van der Waals surface area contributed by atoms with Crippen molar-refractivity contribution in [2.75, 3.05) is 7.05 Å². The Bertz CT molecular complexity index is 479. The lowest BCUT2D eigenvalue weighted by Crippen LogP contribution is -2.08. The monoisotopic (exact) mass is 262 g/mol. The van der Waals surface area contributed by atoms with E-state index >= 15 is 0 Å². The van der Waals surface area contributed by atoms with E-state index in [4.69, 9.17) is 5.84 Å². The molecule has 0 radical (unpaired) electrons. The van der Waals surface area contributed by atoms with Crippen LogP contribution in [0.2, 0.25) is 0 Å². The first kappa shape index (κ1) is 17.0. The highest BCUT2D eigenvalue weighted by atomic mass is 15.1. The van der Waals surface area contributed by atoms with E-state index < -0.39 is 0 Å². The van der Waals surface area contributed by atoms with Gasteiger partial charge in [0.2, 0.25) is 0 Å². The van der Waals surface area contributed by atoms with Crippen molar-refractivity contribution in [3.8, 4) is 0 Å². The normalized spacial score (nSPS) is 11.2. The lowest BCUT2D eigenvalue weighted by molar-refractivity contribution is 0.889. The van der Waals surface area contributed by atoms with E-state index in [0.29, 0.717) is 0 Å². The van der Waals surface area contributed by atoms with Crippen LogP contribution >= 0.6 is 0 Å². The average molecular weight is 262 g/mol. The Morgan fingerprint density at radius 3 is 2.47 bits per heavy atom. The second-order valence-electron chi connectivity index (χ2n) is 3.87. The van der Waals surface area contributed by atoms with Crippen molar-refractivity contribution >= 4 is 11.4 Å². The summed E-state index contributed by atoms with van der Waals surface area (Å²) < 4.78 is 2.03. The zero-order valence-electron chi connectivity index (χ0n) is 12.9. The molecule has 0 bridgehead atoms. The van der Waals surface area contributed by atoms with E-state index in [1.807, 2.05) is 64.7 Å². The van der Waals surface area contributed by atoms with Gasteiger partial charge < -0.3 is 15.7 Å². The van der Waals surface area contributed by atoms with Crippen molar-refractivity contribution in [3.63, 3.8) is 0 Å². The van der Waals surface area contributed by atoms with E-state index in [1.54, 1.807) is 0 Å². The number of hydrazone groups is 1. The molecule has 0 saturated heterocycles. The molecule has 1 rings (SSSR count). The predicted molar refractivity (Wildman–Crippen MR) is 85.1 cm³/mol. The van der Waals surface area contributed by atoms with Gasteiger partial charge in [0.05, 0.1) is 17.1 Å². The van der Waals surface area contributed by atoms with Crippen LogP contribution < -0.4 is 11.2 Å². The molecule has 0 aliphatic heterocycles. The first-order valence-corrected chi connectivity index (χ1v) is 6.50. The van der Waals surface area contributed by atoms with Crippen molar-refractivity contribution in [2.45, 2.75) is 27.7 Å². The van der Waals surface area contributed by atoms with Crippen LogP contribution in [0.4, 0.5) is 0 Å². The molecule has 1 aromatic heterocycles. The number of aryl methyl sites for hydroxylation is 1. The molecular formula is C15H26N4. The highest BCUT2D eigenvalue weighted by Gasteiger charge is 2.14. The third-order valence-electron chi connectivity index (χ3n) is 2.76. The summed E-state index contributed by atoms with van der Waals surface area (Å²) in [7, 11) is 3.84. The van der Waals surface area contributed by atoms with Crippen LogP contribution in [0.15, 0.2) is 30.0 Å². The Hall–Kier alpha value is -1.97. The van der Waals surface area contributed by atoms with Crippen molar-refractivity contribution < 1.29 is 0 Å². The second kappa shape index (κ2) is 8.19. The molecule has 0 fully saturated rings. The summed E-state index contributed by atoms with van der Waals surface area (Å²) in [5, 5.41) is 6.88. The van der Waals surface area contributed by atoms with Crippen molar-refractivity contribution in [2.24, 2.45) is 18.0 Å². The molecule has 19 heavy (non-hydrogen) atoms. The number of allylic oxidation sites excluding steroid dienone is 2. The van der Waals surface area contributed by atoms with Crippen LogP contribution in [0.1, 0.15) is 37.6 Å². The van der Waals surface area contributed by atoms with Gasteiger partial charge in [-0.25, -0.2) is 0 Å². The maximum atomic E-state index is 5.42. The van der Waals surface area contributed by atoms with Gasteiger partial charge in [0.1, 0.15) is 0 Å². The van der Waals surface area contributed by atoms with Crippen LogP contribution in [0.25, 0.3) is 5.70 Å². The largest absolute Gasteiger partial charge is 0.387 e. The molecule has 1 aromatic rings. The summed E-state index contributed by atoms with van der Waals surface area (Å²) in [6, 6.07) is 0. The summed E-state index contributed by atoms with van der Waals surface area (Å²) in [5.41, 5.74) is 4.87. The number of nitrogens with two attached hydrogens (primary N) is 1. The number of hydrogen-bond acceptors (Lipinski definition) is 3. The molecule has 0 spiro atoms. The summed E-state index contributed by atoms with van der Waals surface area (Å²) in [5.74, 6) is 5.42. The van der Waals surface area contributed by atoms with Gasteiger partial charge in [0, 0.05) is 25.9 Å². The van der Waals surface area contributed by atoms with Crippen molar-refractivity contribution in [1.29, 1.82) is 0 Å². The third kappa shape index (κ3) is 3.74. The highest BCUT2D eigenvalue weighted by Crippen LogP contribution is 2.21. The molecule has 0 aliphatic rings. The number of aromatic nitrogens is 1. The molecule has 1 heterocycles. The summed E-state index contributed by atoms with van der Waals surface area (Å²) >= 11 is 0. The molecule has 0 aliphatic carbocycles. The Kier molecular flexibility index (Phi) is 7.34. The fourth-order valence-corrected chi connectivity index (χ4v) is 1.92. The van der Waals surface area contributed by atoms with Gasteiger partial charge in [-0.3, -0.25) is 0 Å². The minimum absolute atomic E-state index is 0.774. The predicted octanol–water partition coefficient (Wildman–Crippen LogP) is 2.79. The summed E-state index contributed by atoms with van der Waals surface area (Å²) in [4.78, 5) is 0. The lowest BCUT2D eigenvalue weighted by Gasteiger charge is -2.08. The molecule has 4 nitrogen and oxygen atoms in total. The van der Waals surface area contributed by atoms with E-state index in [1.165, 1.54) is 0 Å². The molecule has 0 unspecified atom stereocenters. The van der Waals surface area contributed by atoms with Gasteiger partial charge in [-0.15, -0.1) is 0 Å². The summed E-state index contributed by atoms with van der Waals surface area (Å²) in [6.07, 6.45) is 5.83. The Balaban J connectivity index is 0.00000154. The minimum atomic E-state index is 0.774. The quantitative estimate of drug-likeness (QED) is 0.498. The maximum absolute atomic E-state index is 5.42.